The highest BCUT2D eigenvalue weighted by Gasteiger charge is 2.14. The first-order valence-corrected chi connectivity index (χ1v) is 6.38. The summed E-state index contributed by atoms with van der Waals surface area (Å²) < 4.78 is 7.80. The average molecular weight is 267 g/mol. The van der Waals surface area contributed by atoms with E-state index in [9.17, 15) is 4.79 Å². The summed E-state index contributed by atoms with van der Waals surface area (Å²) in [5.74, 6) is 1.65. The van der Waals surface area contributed by atoms with Gasteiger partial charge in [0.15, 0.2) is 0 Å². The van der Waals surface area contributed by atoms with Gasteiger partial charge in [0, 0.05) is 26.2 Å². The van der Waals surface area contributed by atoms with Crippen LogP contribution in [0.5, 0.6) is 0 Å². The summed E-state index contributed by atoms with van der Waals surface area (Å²) in [7, 11) is 1.84. The zero-order chi connectivity index (χ0) is 13.1. The molecule has 0 N–H and O–H groups in total. The van der Waals surface area contributed by atoms with Crippen LogP contribution in [-0.2, 0) is 23.0 Å². The average Bonchev–Trinajstić information content (AvgIpc) is 2.35. The number of carbonyl (C=O) groups is 1. The highest BCUT2D eigenvalue weighted by Crippen LogP contribution is 2.14. The maximum atomic E-state index is 11.2. The van der Waals surface area contributed by atoms with Gasteiger partial charge in [-0.1, -0.05) is 12.2 Å². The summed E-state index contributed by atoms with van der Waals surface area (Å²) >= 11 is 5.30. The van der Waals surface area contributed by atoms with Crippen LogP contribution in [0.3, 0.4) is 0 Å². The maximum absolute atomic E-state index is 11.2. The van der Waals surface area contributed by atoms with Crippen molar-refractivity contribution in [2.24, 2.45) is 7.05 Å². The first-order valence-electron chi connectivity index (χ1n) is 5.97. The van der Waals surface area contributed by atoms with E-state index in [0.29, 0.717) is 24.3 Å². The molecule has 0 aromatic carbocycles. The van der Waals surface area contributed by atoms with Crippen LogP contribution in [0.15, 0.2) is 6.07 Å². The highest BCUT2D eigenvalue weighted by molar-refractivity contribution is 7.71. The third kappa shape index (κ3) is 2.94. The van der Waals surface area contributed by atoms with Crippen molar-refractivity contribution in [3.05, 3.63) is 16.5 Å². The number of aromatic nitrogens is 2. The number of hydrogen-bond donors (Lipinski definition) is 0. The monoisotopic (exact) mass is 267 g/mol. The van der Waals surface area contributed by atoms with Gasteiger partial charge in [0.2, 0.25) is 0 Å². The topological polar surface area (TPSA) is 47.4 Å². The van der Waals surface area contributed by atoms with Crippen LogP contribution < -0.4 is 4.90 Å². The van der Waals surface area contributed by atoms with E-state index in [2.05, 4.69) is 9.88 Å². The maximum Gasteiger partial charge on any atom is 0.137 e. The molecule has 1 aliphatic heterocycles. The smallest absolute Gasteiger partial charge is 0.137 e. The molecule has 0 aliphatic carbocycles. The van der Waals surface area contributed by atoms with Crippen LogP contribution in [0, 0.1) is 4.64 Å². The van der Waals surface area contributed by atoms with Gasteiger partial charge in [0.1, 0.15) is 22.1 Å². The van der Waals surface area contributed by atoms with Crippen molar-refractivity contribution >= 4 is 23.8 Å². The lowest BCUT2D eigenvalue weighted by molar-refractivity contribution is -0.116. The Morgan fingerprint density at radius 2 is 2.17 bits per heavy atom. The molecule has 0 bridgehead atoms. The summed E-state index contributed by atoms with van der Waals surface area (Å²) in [5, 5.41) is 0. The van der Waals surface area contributed by atoms with Crippen LogP contribution in [0.25, 0.3) is 0 Å². The fourth-order valence-electron chi connectivity index (χ4n) is 1.91. The molecule has 5 nitrogen and oxygen atoms in total. The molecule has 1 saturated heterocycles. The van der Waals surface area contributed by atoms with Gasteiger partial charge in [-0.3, -0.25) is 4.79 Å². The van der Waals surface area contributed by atoms with Crippen molar-refractivity contribution in [3.63, 3.8) is 0 Å². The number of rotatable bonds is 3. The van der Waals surface area contributed by atoms with Crippen LogP contribution in [-0.4, -0.2) is 41.6 Å². The minimum absolute atomic E-state index is 0.0895. The van der Waals surface area contributed by atoms with Crippen LogP contribution in [0.2, 0.25) is 0 Å². The quantitative estimate of drug-likeness (QED) is 0.768. The lowest BCUT2D eigenvalue weighted by Gasteiger charge is -2.28. The molecule has 0 radical (unpaired) electrons. The Balaban J connectivity index is 2.33. The number of ketones is 1. The number of morpholine rings is 1. The number of anilines is 1. The molecule has 18 heavy (non-hydrogen) atoms. The first kappa shape index (κ1) is 13.2. The van der Waals surface area contributed by atoms with E-state index in [1.807, 2.05) is 13.1 Å². The number of hydrogen-bond acceptors (Lipinski definition) is 5. The van der Waals surface area contributed by atoms with E-state index in [0.717, 1.165) is 24.7 Å². The van der Waals surface area contributed by atoms with Crippen molar-refractivity contribution in [2.75, 3.05) is 31.2 Å². The van der Waals surface area contributed by atoms with Crippen LogP contribution >= 0.6 is 12.2 Å². The van der Waals surface area contributed by atoms with Crippen molar-refractivity contribution in [3.8, 4) is 0 Å². The van der Waals surface area contributed by atoms with Crippen molar-refractivity contribution in [1.82, 2.24) is 9.55 Å². The molecule has 0 unspecified atom stereocenters. The molecule has 98 valence electrons. The van der Waals surface area contributed by atoms with Gasteiger partial charge in [-0.05, 0) is 6.92 Å². The fourth-order valence-corrected chi connectivity index (χ4v) is 2.12. The minimum atomic E-state index is 0.0895. The second kappa shape index (κ2) is 5.58. The zero-order valence-corrected chi connectivity index (χ0v) is 11.5. The van der Waals surface area contributed by atoms with Gasteiger partial charge in [-0.15, -0.1) is 0 Å². The van der Waals surface area contributed by atoms with Gasteiger partial charge in [-0.2, -0.15) is 0 Å². The summed E-state index contributed by atoms with van der Waals surface area (Å²) in [4.78, 5) is 17.9. The molecule has 0 atom stereocenters. The minimum Gasteiger partial charge on any atom is -0.378 e. The van der Waals surface area contributed by atoms with E-state index in [-0.39, 0.29) is 5.78 Å². The molecule has 1 aromatic heterocycles. The van der Waals surface area contributed by atoms with E-state index in [4.69, 9.17) is 17.0 Å². The molecule has 1 aromatic rings. The number of Topliss-reactive ketones (excluding diaryl/α,β-unsaturated/α-hetero) is 1. The number of carbonyl (C=O) groups excluding carboxylic acids is 1. The van der Waals surface area contributed by atoms with E-state index >= 15 is 0 Å². The molecule has 1 fully saturated rings. The molecule has 6 heteroatoms. The SMILES string of the molecule is CC(=O)Cc1nc(N2CCOCC2)cc(=S)n1C. The van der Waals surface area contributed by atoms with Gasteiger partial charge in [-0.25, -0.2) is 4.98 Å². The molecule has 1 aliphatic rings. The highest BCUT2D eigenvalue weighted by atomic mass is 32.1. The van der Waals surface area contributed by atoms with Gasteiger partial charge in [0.25, 0.3) is 0 Å². The Morgan fingerprint density at radius 1 is 1.50 bits per heavy atom. The van der Waals surface area contributed by atoms with Crippen molar-refractivity contribution in [1.29, 1.82) is 0 Å². The Hall–Kier alpha value is -1.27. The zero-order valence-electron chi connectivity index (χ0n) is 10.7. The number of nitrogens with zero attached hydrogens (tertiary/aromatic N) is 3. The van der Waals surface area contributed by atoms with Gasteiger partial charge in [0.05, 0.1) is 19.6 Å². The second-order valence-corrected chi connectivity index (χ2v) is 4.82. The molecular weight excluding hydrogens is 250 g/mol. The van der Waals surface area contributed by atoms with Crippen molar-refractivity contribution in [2.45, 2.75) is 13.3 Å². The summed E-state index contributed by atoms with van der Waals surface area (Å²) in [6.45, 7) is 4.60. The third-order valence-electron chi connectivity index (χ3n) is 2.96. The standard InChI is InChI=1S/C12H17N3O2S/c1-9(16)7-10-13-11(8-12(18)14(10)2)15-3-5-17-6-4-15/h8H,3-7H2,1-2H3. The molecule has 0 spiro atoms. The summed E-state index contributed by atoms with van der Waals surface area (Å²) in [5.41, 5.74) is 0. The first-order chi connectivity index (χ1) is 8.58. The lowest BCUT2D eigenvalue weighted by Crippen LogP contribution is -2.37. The van der Waals surface area contributed by atoms with Crippen LogP contribution in [0.1, 0.15) is 12.7 Å². The molecule has 0 amide bonds. The van der Waals surface area contributed by atoms with Gasteiger partial charge < -0.3 is 14.2 Å². The Morgan fingerprint density at radius 3 is 2.78 bits per heavy atom. The largest absolute Gasteiger partial charge is 0.378 e. The molecular formula is C12H17N3O2S. The fraction of sp³-hybridized carbons (Fsp3) is 0.583. The third-order valence-corrected chi connectivity index (χ3v) is 3.35. The van der Waals surface area contributed by atoms with Crippen LogP contribution in [0.4, 0.5) is 5.82 Å². The number of ether oxygens (including phenoxy) is 1. The predicted octanol–water partition coefficient (Wildman–Crippen LogP) is 1.12. The lowest BCUT2D eigenvalue weighted by atomic mass is 10.3. The van der Waals surface area contributed by atoms with E-state index in [1.54, 1.807) is 11.5 Å². The van der Waals surface area contributed by atoms with Crippen molar-refractivity contribution < 1.29 is 9.53 Å². The van der Waals surface area contributed by atoms with Gasteiger partial charge >= 0.3 is 0 Å². The van der Waals surface area contributed by atoms with E-state index < -0.39 is 0 Å². The normalized spacial score (nSPS) is 15.8. The molecule has 2 rings (SSSR count). The second-order valence-electron chi connectivity index (χ2n) is 4.41. The summed E-state index contributed by atoms with van der Waals surface area (Å²) in [6.07, 6.45) is 0.318. The molecule has 2 heterocycles. The Kier molecular flexibility index (Phi) is 4.08. The van der Waals surface area contributed by atoms with E-state index in [1.165, 1.54) is 0 Å². The Labute approximate surface area is 111 Å². The Bertz CT molecular complexity index is 507. The summed E-state index contributed by atoms with van der Waals surface area (Å²) in [6, 6.07) is 1.88. The molecule has 0 saturated carbocycles. The predicted molar refractivity (Wildman–Crippen MR) is 71.5 cm³/mol.